The van der Waals surface area contributed by atoms with Crippen LogP contribution in [0.15, 0.2) is 30.3 Å². The minimum absolute atomic E-state index is 0.0429. The molecule has 120 valence electrons. The van der Waals surface area contributed by atoms with E-state index in [9.17, 15) is 5.11 Å². The summed E-state index contributed by atoms with van der Waals surface area (Å²) in [7, 11) is 0. The first-order valence-electron chi connectivity index (χ1n) is 7.69. The van der Waals surface area contributed by atoms with E-state index in [0.717, 1.165) is 34.9 Å². The van der Waals surface area contributed by atoms with Crippen molar-refractivity contribution in [2.24, 2.45) is 0 Å². The van der Waals surface area contributed by atoms with Crippen molar-refractivity contribution in [3.8, 4) is 11.4 Å². The summed E-state index contributed by atoms with van der Waals surface area (Å²) in [5.74, 6) is 1.49. The van der Waals surface area contributed by atoms with Crippen LogP contribution < -0.4 is 0 Å². The summed E-state index contributed by atoms with van der Waals surface area (Å²) < 4.78 is 3.75. The maximum absolute atomic E-state index is 9.18. The molecule has 0 unspecified atom stereocenters. The Morgan fingerprint density at radius 2 is 1.87 bits per heavy atom. The van der Waals surface area contributed by atoms with E-state index in [1.54, 1.807) is 4.68 Å². The Hall–Kier alpha value is -2.47. The molecule has 3 aromatic rings. The third-order valence-electron chi connectivity index (χ3n) is 3.71. The summed E-state index contributed by atoms with van der Waals surface area (Å²) in [6, 6.07) is 10.3. The van der Waals surface area contributed by atoms with Crippen LogP contribution in [-0.2, 0) is 13.1 Å². The van der Waals surface area contributed by atoms with Crippen molar-refractivity contribution in [2.45, 2.75) is 33.9 Å². The fourth-order valence-corrected chi connectivity index (χ4v) is 2.74. The van der Waals surface area contributed by atoms with Gasteiger partial charge in [-0.1, -0.05) is 18.2 Å². The summed E-state index contributed by atoms with van der Waals surface area (Å²) in [6.45, 7) is 7.13. The van der Waals surface area contributed by atoms with Gasteiger partial charge in [0.15, 0.2) is 5.82 Å². The van der Waals surface area contributed by atoms with Crippen LogP contribution in [0.5, 0.6) is 0 Å². The van der Waals surface area contributed by atoms with Crippen LogP contribution in [-0.4, -0.2) is 36.3 Å². The topological polar surface area (TPSA) is 68.8 Å². The number of rotatable bonds is 5. The van der Waals surface area contributed by atoms with E-state index >= 15 is 0 Å². The van der Waals surface area contributed by atoms with Gasteiger partial charge in [0.25, 0.3) is 0 Å². The lowest BCUT2D eigenvalue weighted by atomic mass is 10.1. The minimum atomic E-state index is 0.0429. The summed E-state index contributed by atoms with van der Waals surface area (Å²) in [6.07, 6.45) is 0. The third kappa shape index (κ3) is 3.32. The van der Waals surface area contributed by atoms with Crippen LogP contribution in [0.25, 0.3) is 11.4 Å². The van der Waals surface area contributed by atoms with Crippen LogP contribution in [0.3, 0.4) is 0 Å². The Labute approximate surface area is 135 Å². The van der Waals surface area contributed by atoms with Crippen molar-refractivity contribution < 1.29 is 5.11 Å². The van der Waals surface area contributed by atoms with Gasteiger partial charge in [-0.25, -0.2) is 9.67 Å². The second-order valence-corrected chi connectivity index (χ2v) is 5.71. The molecular formula is C17H21N5O. The number of hydrogen-bond donors (Lipinski definition) is 1. The molecule has 23 heavy (non-hydrogen) atoms. The van der Waals surface area contributed by atoms with E-state index in [4.69, 9.17) is 0 Å². The average Bonchev–Trinajstić information content (AvgIpc) is 3.02. The zero-order chi connectivity index (χ0) is 16.4. The zero-order valence-corrected chi connectivity index (χ0v) is 13.7. The smallest absolute Gasteiger partial charge is 0.158 e. The molecule has 1 aromatic carbocycles. The Morgan fingerprint density at radius 1 is 1.04 bits per heavy atom. The van der Waals surface area contributed by atoms with Gasteiger partial charge in [0.1, 0.15) is 5.82 Å². The molecule has 0 spiro atoms. The molecule has 6 heteroatoms. The highest BCUT2D eigenvalue weighted by atomic mass is 16.3. The number of aliphatic hydroxyl groups excluding tert-OH is 1. The predicted octanol–water partition coefficient (Wildman–Crippen LogP) is 2.11. The molecule has 0 amide bonds. The Kier molecular flexibility index (Phi) is 4.25. The lowest BCUT2D eigenvalue weighted by molar-refractivity contribution is 0.270. The lowest BCUT2D eigenvalue weighted by Gasteiger charge is -2.08. The molecule has 1 N–H and O–H groups in total. The molecule has 0 fully saturated rings. The minimum Gasteiger partial charge on any atom is -0.394 e. The fourth-order valence-electron chi connectivity index (χ4n) is 2.74. The second kappa shape index (κ2) is 6.34. The van der Waals surface area contributed by atoms with Crippen molar-refractivity contribution in [2.75, 3.05) is 6.61 Å². The summed E-state index contributed by atoms with van der Waals surface area (Å²) >= 11 is 0. The van der Waals surface area contributed by atoms with Gasteiger partial charge in [-0.15, -0.1) is 0 Å². The van der Waals surface area contributed by atoms with Crippen molar-refractivity contribution in [1.82, 2.24) is 24.5 Å². The van der Waals surface area contributed by atoms with E-state index in [0.29, 0.717) is 12.4 Å². The first-order valence-corrected chi connectivity index (χ1v) is 7.69. The van der Waals surface area contributed by atoms with Crippen molar-refractivity contribution in [3.63, 3.8) is 0 Å². The number of aliphatic hydroxyl groups is 1. The van der Waals surface area contributed by atoms with E-state index < -0.39 is 0 Å². The molecule has 2 aromatic heterocycles. The molecule has 2 heterocycles. The number of aryl methyl sites for hydroxylation is 3. The Balaban J connectivity index is 1.92. The van der Waals surface area contributed by atoms with Gasteiger partial charge in [-0.2, -0.15) is 10.2 Å². The molecule has 0 radical (unpaired) electrons. The van der Waals surface area contributed by atoms with Gasteiger partial charge >= 0.3 is 0 Å². The SMILES string of the molecule is Cc1cc(C)n(Cc2cccc(-c3nc(C)nn3CCO)c2)n1. The molecule has 3 rings (SSSR count). The first kappa shape index (κ1) is 15.4. The summed E-state index contributed by atoms with van der Waals surface area (Å²) in [5, 5.41) is 18.0. The van der Waals surface area contributed by atoms with E-state index in [2.05, 4.69) is 40.3 Å². The standard InChI is InChI=1S/C17H21N5O/c1-12-9-13(2)22(19-12)11-15-5-4-6-16(10-15)17-18-14(3)20-21(17)7-8-23/h4-6,9-10,23H,7-8,11H2,1-3H3. The molecular weight excluding hydrogens is 290 g/mol. The molecule has 0 atom stereocenters. The van der Waals surface area contributed by atoms with Crippen molar-refractivity contribution in [3.05, 3.63) is 53.1 Å². The Morgan fingerprint density at radius 3 is 2.57 bits per heavy atom. The number of nitrogens with zero attached hydrogens (tertiary/aromatic N) is 5. The largest absolute Gasteiger partial charge is 0.394 e. The molecule has 0 aliphatic heterocycles. The van der Waals surface area contributed by atoms with E-state index in [-0.39, 0.29) is 6.61 Å². The third-order valence-corrected chi connectivity index (χ3v) is 3.71. The number of hydrogen-bond acceptors (Lipinski definition) is 4. The zero-order valence-electron chi connectivity index (χ0n) is 13.7. The molecule has 6 nitrogen and oxygen atoms in total. The highest BCUT2D eigenvalue weighted by Gasteiger charge is 2.10. The van der Waals surface area contributed by atoms with Crippen LogP contribution >= 0.6 is 0 Å². The maximum atomic E-state index is 9.18. The van der Waals surface area contributed by atoms with Gasteiger partial charge in [-0.3, -0.25) is 4.68 Å². The molecule has 0 bridgehead atoms. The maximum Gasteiger partial charge on any atom is 0.158 e. The van der Waals surface area contributed by atoms with E-state index in [1.807, 2.05) is 30.7 Å². The van der Waals surface area contributed by atoms with Crippen LogP contribution in [0, 0.1) is 20.8 Å². The Bertz CT molecular complexity index is 818. The average molecular weight is 311 g/mol. The van der Waals surface area contributed by atoms with Crippen LogP contribution in [0.4, 0.5) is 0 Å². The highest BCUT2D eigenvalue weighted by Crippen LogP contribution is 2.20. The first-order chi connectivity index (χ1) is 11.1. The quantitative estimate of drug-likeness (QED) is 0.783. The van der Waals surface area contributed by atoms with Gasteiger partial charge < -0.3 is 5.11 Å². The van der Waals surface area contributed by atoms with E-state index in [1.165, 1.54) is 0 Å². The second-order valence-electron chi connectivity index (χ2n) is 5.71. The summed E-state index contributed by atoms with van der Waals surface area (Å²) in [4.78, 5) is 4.49. The molecule has 0 aliphatic carbocycles. The fraction of sp³-hybridized carbons (Fsp3) is 0.353. The molecule has 0 saturated carbocycles. The van der Waals surface area contributed by atoms with Gasteiger partial charge in [0.05, 0.1) is 25.4 Å². The number of aromatic nitrogens is 5. The monoisotopic (exact) mass is 311 g/mol. The van der Waals surface area contributed by atoms with Crippen molar-refractivity contribution in [1.29, 1.82) is 0 Å². The summed E-state index contributed by atoms with van der Waals surface area (Å²) in [5.41, 5.74) is 4.33. The van der Waals surface area contributed by atoms with Crippen molar-refractivity contribution >= 4 is 0 Å². The van der Waals surface area contributed by atoms with Gasteiger partial charge in [0, 0.05) is 11.3 Å². The molecule has 0 saturated heterocycles. The molecule has 0 aliphatic rings. The normalized spacial score (nSPS) is 11.1. The predicted molar refractivity (Wildman–Crippen MR) is 88.1 cm³/mol. The lowest BCUT2D eigenvalue weighted by Crippen LogP contribution is -2.07. The number of benzene rings is 1. The van der Waals surface area contributed by atoms with Gasteiger partial charge in [-0.05, 0) is 38.5 Å². The highest BCUT2D eigenvalue weighted by molar-refractivity contribution is 5.56. The van der Waals surface area contributed by atoms with Crippen LogP contribution in [0.2, 0.25) is 0 Å². The van der Waals surface area contributed by atoms with Gasteiger partial charge in [0.2, 0.25) is 0 Å². The van der Waals surface area contributed by atoms with Crippen LogP contribution in [0.1, 0.15) is 22.8 Å².